The second-order valence-corrected chi connectivity index (χ2v) is 5.05. The van der Waals surface area contributed by atoms with Crippen molar-refractivity contribution in [2.24, 2.45) is 0 Å². The smallest absolute Gasteiger partial charge is 0.323 e. The summed E-state index contributed by atoms with van der Waals surface area (Å²) in [5.74, 6) is -0.130. The fourth-order valence-corrected chi connectivity index (χ4v) is 1.76. The predicted octanol–water partition coefficient (Wildman–Crippen LogP) is 2.02. The summed E-state index contributed by atoms with van der Waals surface area (Å²) in [5, 5.41) is 3.27. The number of carbonyl (C=O) groups excluding carboxylic acids is 1. The van der Waals surface area contributed by atoms with Crippen LogP contribution in [0.2, 0.25) is 0 Å². The molecule has 1 aliphatic rings. The number of nitrogens with one attached hydrogen (secondary N) is 1. The van der Waals surface area contributed by atoms with Gasteiger partial charge < -0.3 is 10.1 Å². The van der Waals surface area contributed by atoms with Crippen molar-refractivity contribution >= 4 is 5.97 Å². The van der Waals surface area contributed by atoms with Gasteiger partial charge in [0.2, 0.25) is 0 Å². The SMILES string of the molecule is C=CCC1CCC(C(=O)OC(C)(C)C)N1. The molecule has 0 aliphatic carbocycles. The van der Waals surface area contributed by atoms with Gasteiger partial charge in [0.15, 0.2) is 0 Å². The molecule has 0 aromatic rings. The van der Waals surface area contributed by atoms with Gasteiger partial charge >= 0.3 is 5.97 Å². The Balaban J connectivity index is 2.40. The van der Waals surface area contributed by atoms with Crippen LogP contribution in [0.5, 0.6) is 0 Å². The van der Waals surface area contributed by atoms with Crippen LogP contribution in [0, 0.1) is 0 Å². The van der Waals surface area contributed by atoms with Gasteiger partial charge in [0.1, 0.15) is 11.6 Å². The van der Waals surface area contributed by atoms with E-state index < -0.39 is 5.60 Å². The summed E-state index contributed by atoms with van der Waals surface area (Å²) < 4.78 is 5.32. The van der Waals surface area contributed by atoms with Crippen molar-refractivity contribution in [2.75, 3.05) is 0 Å². The summed E-state index contributed by atoms with van der Waals surface area (Å²) in [6.07, 6.45) is 4.69. The van der Waals surface area contributed by atoms with E-state index in [9.17, 15) is 4.79 Å². The molecule has 0 saturated carbocycles. The Morgan fingerprint density at radius 3 is 2.73 bits per heavy atom. The van der Waals surface area contributed by atoms with Crippen molar-refractivity contribution in [2.45, 2.75) is 57.7 Å². The van der Waals surface area contributed by atoms with Crippen LogP contribution in [-0.4, -0.2) is 23.7 Å². The second kappa shape index (κ2) is 4.79. The molecule has 0 radical (unpaired) electrons. The molecule has 3 nitrogen and oxygen atoms in total. The molecule has 1 aliphatic heterocycles. The molecule has 86 valence electrons. The highest BCUT2D eigenvalue weighted by molar-refractivity contribution is 5.76. The molecule has 3 heteroatoms. The average molecular weight is 211 g/mol. The molecule has 2 unspecified atom stereocenters. The zero-order valence-electron chi connectivity index (χ0n) is 9.88. The minimum absolute atomic E-state index is 0.130. The Bertz CT molecular complexity index is 242. The minimum atomic E-state index is -0.394. The minimum Gasteiger partial charge on any atom is -0.459 e. The number of esters is 1. The monoisotopic (exact) mass is 211 g/mol. The van der Waals surface area contributed by atoms with Crippen molar-refractivity contribution < 1.29 is 9.53 Å². The quantitative estimate of drug-likeness (QED) is 0.573. The van der Waals surface area contributed by atoms with Crippen LogP contribution in [0.25, 0.3) is 0 Å². The standard InChI is InChI=1S/C12H21NO2/c1-5-6-9-7-8-10(13-9)11(14)15-12(2,3)4/h5,9-10,13H,1,6-8H2,2-4H3. The van der Waals surface area contributed by atoms with E-state index in [4.69, 9.17) is 4.74 Å². The lowest BCUT2D eigenvalue weighted by atomic mass is 10.1. The molecule has 0 aromatic carbocycles. The molecule has 0 spiro atoms. The first-order chi connectivity index (χ1) is 6.92. The Morgan fingerprint density at radius 1 is 1.53 bits per heavy atom. The average Bonchev–Trinajstić information content (AvgIpc) is 2.50. The first-order valence-corrected chi connectivity index (χ1v) is 5.52. The van der Waals surface area contributed by atoms with E-state index in [-0.39, 0.29) is 12.0 Å². The zero-order chi connectivity index (χ0) is 11.5. The van der Waals surface area contributed by atoms with Gasteiger partial charge in [-0.05, 0) is 40.0 Å². The van der Waals surface area contributed by atoms with Gasteiger partial charge in [0, 0.05) is 6.04 Å². The maximum absolute atomic E-state index is 11.7. The Labute approximate surface area is 91.9 Å². The van der Waals surface area contributed by atoms with Crippen molar-refractivity contribution in [3.8, 4) is 0 Å². The molecule has 0 amide bonds. The fraction of sp³-hybridized carbons (Fsp3) is 0.750. The predicted molar refractivity (Wildman–Crippen MR) is 60.6 cm³/mol. The van der Waals surface area contributed by atoms with Crippen molar-refractivity contribution in [1.82, 2.24) is 5.32 Å². The second-order valence-electron chi connectivity index (χ2n) is 5.05. The third-order valence-corrected chi connectivity index (χ3v) is 2.38. The van der Waals surface area contributed by atoms with Crippen LogP contribution >= 0.6 is 0 Å². The van der Waals surface area contributed by atoms with Crippen molar-refractivity contribution in [3.63, 3.8) is 0 Å². The summed E-state index contributed by atoms with van der Waals surface area (Å²) in [6.45, 7) is 9.37. The molecule has 1 N–H and O–H groups in total. The maximum Gasteiger partial charge on any atom is 0.323 e. The molecule has 1 heterocycles. The third kappa shape index (κ3) is 4.04. The lowest BCUT2D eigenvalue weighted by Crippen LogP contribution is -2.39. The molecule has 2 atom stereocenters. The molecule has 1 saturated heterocycles. The zero-order valence-corrected chi connectivity index (χ0v) is 9.88. The molecule has 1 fully saturated rings. The molecule has 15 heavy (non-hydrogen) atoms. The van der Waals surface area contributed by atoms with Gasteiger partial charge in [-0.25, -0.2) is 0 Å². The Morgan fingerprint density at radius 2 is 2.20 bits per heavy atom. The number of ether oxygens (including phenoxy) is 1. The van der Waals surface area contributed by atoms with Crippen LogP contribution in [0.15, 0.2) is 12.7 Å². The highest BCUT2D eigenvalue weighted by atomic mass is 16.6. The van der Waals surface area contributed by atoms with E-state index in [0.717, 1.165) is 19.3 Å². The first-order valence-electron chi connectivity index (χ1n) is 5.52. The third-order valence-electron chi connectivity index (χ3n) is 2.38. The summed E-state index contributed by atoms with van der Waals surface area (Å²) in [5.41, 5.74) is -0.394. The van der Waals surface area contributed by atoms with Gasteiger partial charge in [0.05, 0.1) is 0 Å². The molecule has 0 aromatic heterocycles. The lowest BCUT2D eigenvalue weighted by Gasteiger charge is -2.22. The normalized spacial score (nSPS) is 26.3. The van der Waals surface area contributed by atoms with Crippen LogP contribution in [0.4, 0.5) is 0 Å². The highest BCUT2D eigenvalue weighted by Gasteiger charge is 2.31. The van der Waals surface area contributed by atoms with E-state index >= 15 is 0 Å². The van der Waals surface area contributed by atoms with Crippen LogP contribution in [-0.2, 0) is 9.53 Å². The summed E-state index contributed by atoms with van der Waals surface area (Å²) in [7, 11) is 0. The molecular weight excluding hydrogens is 190 g/mol. The van der Waals surface area contributed by atoms with E-state index in [2.05, 4.69) is 11.9 Å². The number of rotatable bonds is 3. The number of hydrogen-bond donors (Lipinski definition) is 1. The molecule has 1 rings (SSSR count). The Hall–Kier alpha value is -0.830. The molecular formula is C12H21NO2. The van der Waals surface area contributed by atoms with Gasteiger partial charge in [-0.1, -0.05) is 6.08 Å². The fourth-order valence-electron chi connectivity index (χ4n) is 1.76. The van der Waals surface area contributed by atoms with Crippen LogP contribution in [0.3, 0.4) is 0 Å². The summed E-state index contributed by atoms with van der Waals surface area (Å²) in [4.78, 5) is 11.7. The van der Waals surface area contributed by atoms with E-state index in [0.29, 0.717) is 6.04 Å². The van der Waals surface area contributed by atoms with E-state index in [1.54, 1.807) is 0 Å². The Kier molecular flexibility index (Phi) is 3.91. The lowest BCUT2D eigenvalue weighted by molar-refractivity contribution is -0.157. The van der Waals surface area contributed by atoms with Gasteiger partial charge in [-0.2, -0.15) is 0 Å². The summed E-state index contributed by atoms with van der Waals surface area (Å²) >= 11 is 0. The molecule has 0 bridgehead atoms. The summed E-state index contributed by atoms with van der Waals surface area (Å²) in [6, 6.07) is 0.259. The van der Waals surface area contributed by atoms with Crippen LogP contribution < -0.4 is 5.32 Å². The first kappa shape index (κ1) is 12.2. The van der Waals surface area contributed by atoms with Gasteiger partial charge in [-0.3, -0.25) is 4.79 Å². The highest BCUT2D eigenvalue weighted by Crippen LogP contribution is 2.18. The maximum atomic E-state index is 11.7. The van der Waals surface area contributed by atoms with Crippen molar-refractivity contribution in [1.29, 1.82) is 0 Å². The topological polar surface area (TPSA) is 38.3 Å². The van der Waals surface area contributed by atoms with E-state index in [1.807, 2.05) is 26.8 Å². The number of hydrogen-bond acceptors (Lipinski definition) is 3. The van der Waals surface area contributed by atoms with Crippen molar-refractivity contribution in [3.05, 3.63) is 12.7 Å². The van der Waals surface area contributed by atoms with Gasteiger partial charge in [-0.15, -0.1) is 6.58 Å². The van der Waals surface area contributed by atoms with Crippen LogP contribution in [0.1, 0.15) is 40.0 Å². The van der Waals surface area contributed by atoms with Gasteiger partial charge in [0.25, 0.3) is 0 Å². The largest absolute Gasteiger partial charge is 0.459 e. The number of carbonyl (C=O) groups is 1. The van der Waals surface area contributed by atoms with E-state index in [1.165, 1.54) is 0 Å².